The quantitative estimate of drug-likeness (QED) is 0.873. The zero-order chi connectivity index (χ0) is 14.0. The number of aryl methyl sites for hydroxylation is 2. The summed E-state index contributed by atoms with van der Waals surface area (Å²) in [5, 5.41) is 13.5. The van der Waals surface area contributed by atoms with Crippen LogP contribution >= 0.6 is 22.9 Å². The first-order chi connectivity index (χ1) is 8.99. The average molecular weight is 293 g/mol. The predicted molar refractivity (Wildman–Crippen MR) is 77.6 cm³/mol. The minimum atomic E-state index is 0.0729. The molecule has 0 aromatic carbocycles. The number of nitrogens with zero attached hydrogens (tertiary/aromatic N) is 3. The molecule has 2 heterocycles. The van der Waals surface area contributed by atoms with Crippen molar-refractivity contribution in [3.63, 3.8) is 0 Å². The maximum absolute atomic E-state index is 8.91. The van der Waals surface area contributed by atoms with Gasteiger partial charge in [-0.1, -0.05) is 11.6 Å². The molecule has 0 spiro atoms. The molecule has 0 saturated carbocycles. The molecule has 4 nitrogen and oxygen atoms in total. The van der Waals surface area contributed by atoms with Gasteiger partial charge >= 0.3 is 0 Å². The van der Waals surface area contributed by atoms with E-state index in [1.807, 2.05) is 20.8 Å². The second kappa shape index (κ2) is 5.55. The summed E-state index contributed by atoms with van der Waals surface area (Å²) in [5.74, 6) is 0.599. The minimum Gasteiger partial charge on any atom is -0.363 e. The number of rotatable bonds is 3. The van der Waals surface area contributed by atoms with E-state index in [1.54, 1.807) is 23.5 Å². The van der Waals surface area contributed by atoms with Gasteiger partial charge in [-0.3, -0.25) is 0 Å². The molecule has 2 aromatic rings. The molecule has 0 amide bonds. The van der Waals surface area contributed by atoms with Gasteiger partial charge in [0.25, 0.3) is 0 Å². The van der Waals surface area contributed by atoms with Crippen molar-refractivity contribution in [3.8, 4) is 6.07 Å². The van der Waals surface area contributed by atoms with Crippen LogP contribution in [0.25, 0.3) is 0 Å². The third-order valence-electron chi connectivity index (χ3n) is 2.62. The van der Waals surface area contributed by atoms with E-state index in [4.69, 9.17) is 16.9 Å². The van der Waals surface area contributed by atoms with Gasteiger partial charge in [-0.05, 0) is 32.9 Å². The van der Waals surface area contributed by atoms with Crippen LogP contribution in [0.4, 0.5) is 5.82 Å². The molecular formula is C13H13ClN4S. The van der Waals surface area contributed by atoms with Crippen molar-refractivity contribution in [2.24, 2.45) is 0 Å². The van der Waals surface area contributed by atoms with E-state index >= 15 is 0 Å². The van der Waals surface area contributed by atoms with E-state index < -0.39 is 0 Å². The van der Waals surface area contributed by atoms with E-state index in [1.165, 1.54) is 0 Å². The van der Waals surface area contributed by atoms with Crippen molar-refractivity contribution >= 4 is 28.8 Å². The Labute approximate surface area is 121 Å². The number of hydrogen-bond donors (Lipinski definition) is 1. The summed E-state index contributed by atoms with van der Waals surface area (Å²) in [4.78, 5) is 9.74. The first kappa shape index (κ1) is 13.8. The monoisotopic (exact) mass is 292 g/mol. The second-order valence-electron chi connectivity index (χ2n) is 4.22. The van der Waals surface area contributed by atoms with Gasteiger partial charge in [0.05, 0.1) is 28.4 Å². The molecule has 0 aliphatic carbocycles. The maximum atomic E-state index is 8.91. The van der Waals surface area contributed by atoms with Crippen LogP contribution in [0.5, 0.6) is 0 Å². The second-order valence-corrected chi connectivity index (χ2v) is 5.85. The number of thiazole rings is 1. The summed E-state index contributed by atoms with van der Waals surface area (Å²) in [6, 6.07) is 5.36. The molecule has 2 aromatic heterocycles. The van der Waals surface area contributed by atoms with Gasteiger partial charge in [-0.2, -0.15) is 5.26 Å². The van der Waals surface area contributed by atoms with Crippen LogP contribution in [0.2, 0.25) is 5.15 Å². The minimum absolute atomic E-state index is 0.0729. The Balaban J connectivity index is 2.24. The number of pyridine rings is 1. The molecule has 1 unspecified atom stereocenters. The van der Waals surface area contributed by atoms with Crippen LogP contribution in [-0.2, 0) is 0 Å². The Morgan fingerprint density at radius 2 is 2.11 bits per heavy atom. The van der Waals surface area contributed by atoms with Crippen LogP contribution in [0, 0.1) is 25.2 Å². The molecule has 0 aliphatic rings. The normalized spacial score (nSPS) is 11.9. The first-order valence-electron chi connectivity index (χ1n) is 5.77. The largest absolute Gasteiger partial charge is 0.363 e. The lowest BCUT2D eigenvalue weighted by atomic mass is 10.2. The van der Waals surface area contributed by atoms with Crippen molar-refractivity contribution in [2.75, 3.05) is 5.32 Å². The molecular weight excluding hydrogens is 280 g/mol. The standard InChI is InChI=1S/C13H13ClN4S/c1-7-13(19-9(3)16-7)8(2)17-12-5-10(6-15)4-11(14)18-12/h4-5,8H,1-3H3,(H,17,18). The summed E-state index contributed by atoms with van der Waals surface area (Å²) in [6.45, 7) is 6.01. The first-order valence-corrected chi connectivity index (χ1v) is 6.97. The lowest BCUT2D eigenvalue weighted by molar-refractivity contribution is 0.880. The highest BCUT2D eigenvalue weighted by Crippen LogP contribution is 2.27. The van der Waals surface area contributed by atoms with Gasteiger partial charge in [0.2, 0.25) is 0 Å². The van der Waals surface area contributed by atoms with Crippen LogP contribution in [0.15, 0.2) is 12.1 Å². The van der Waals surface area contributed by atoms with Gasteiger partial charge in [0.15, 0.2) is 0 Å². The fourth-order valence-electron chi connectivity index (χ4n) is 1.87. The molecule has 2 rings (SSSR count). The molecule has 0 aliphatic heterocycles. The summed E-state index contributed by atoms with van der Waals surface area (Å²) in [5.41, 5.74) is 1.51. The lowest BCUT2D eigenvalue weighted by Gasteiger charge is -2.13. The Morgan fingerprint density at radius 3 is 2.68 bits per heavy atom. The fraction of sp³-hybridized carbons (Fsp3) is 0.308. The summed E-state index contributed by atoms with van der Waals surface area (Å²) in [6.07, 6.45) is 0. The average Bonchev–Trinajstić information content (AvgIpc) is 2.67. The smallest absolute Gasteiger partial charge is 0.132 e. The lowest BCUT2D eigenvalue weighted by Crippen LogP contribution is -2.08. The van der Waals surface area contributed by atoms with E-state index in [0.29, 0.717) is 16.5 Å². The zero-order valence-corrected chi connectivity index (χ0v) is 12.4. The highest BCUT2D eigenvalue weighted by molar-refractivity contribution is 7.11. The van der Waals surface area contributed by atoms with E-state index in [9.17, 15) is 0 Å². The Hall–Kier alpha value is -1.64. The summed E-state index contributed by atoms with van der Waals surface area (Å²) in [7, 11) is 0. The highest BCUT2D eigenvalue weighted by Gasteiger charge is 2.13. The van der Waals surface area contributed by atoms with Crippen molar-refractivity contribution in [3.05, 3.63) is 38.4 Å². The van der Waals surface area contributed by atoms with Crippen LogP contribution in [0.3, 0.4) is 0 Å². The van der Waals surface area contributed by atoms with Gasteiger partial charge < -0.3 is 5.32 Å². The van der Waals surface area contributed by atoms with Gasteiger partial charge in [0, 0.05) is 4.88 Å². The number of halogens is 1. The third kappa shape index (κ3) is 3.22. The molecule has 6 heteroatoms. The summed E-state index contributed by atoms with van der Waals surface area (Å²) < 4.78 is 0. The van der Waals surface area contributed by atoms with Gasteiger partial charge in [0.1, 0.15) is 11.0 Å². The van der Waals surface area contributed by atoms with E-state index in [-0.39, 0.29) is 6.04 Å². The van der Waals surface area contributed by atoms with Crippen molar-refractivity contribution < 1.29 is 0 Å². The number of aromatic nitrogens is 2. The SMILES string of the molecule is Cc1nc(C)c(C(C)Nc2cc(C#N)cc(Cl)n2)s1. The molecule has 19 heavy (non-hydrogen) atoms. The molecule has 1 N–H and O–H groups in total. The predicted octanol–water partition coefficient (Wildman–Crippen LogP) is 3.85. The van der Waals surface area contributed by atoms with Crippen molar-refractivity contribution in [2.45, 2.75) is 26.8 Å². The van der Waals surface area contributed by atoms with Crippen LogP contribution in [-0.4, -0.2) is 9.97 Å². The van der Waals surface area contributed by atoms with E-state index in [0.717, 1.165) is 15.6 Å². The molecule has 0 bridgehead atoms. The molecule has 98 valence electrons. The molecule has 0 saturated heterocycles. The molecule has 1 atom stereocenters. The Kier molecular flexibility index (Phi) is 4.03. The maximum Gasteiger partial charge on any atom is 0.132 e. The van der Waals surface area contributed by atoms with Crippen LogP contribution in [0.1, 0.15) is 34.1 Å². The molecule has 0 radical (unpaired) electrons. The van der Waals surface area contributed by atoms with Gasteiger partial charge in [-0.15, -0.1) is 11.3 Å². The van der Waals surface area contributed by atoms with Crippen molar-refractivity contribution in [1.82, 2.24) is 9.97 Å². The van der Waals surface area contributed by atoms with Crippen molar-refractivity contribution in [1.29, 1.82) is 5.26 Å². The molecule has 0 fully saturated rings. The van der Waals surface area contributed by atoms with Gasteiger partial charge in [-0.25, -0.2) is 9.97 Å². The Morgan fingerprint density at radius 1 is 1.37 bits per heavy atom. The topological polar surface area (TPSA) is 61.6 Å². The fourth-order valence-corrected chi connectivity index (χ4v) is 3.01. The number of hydrogen-bond acceptors (Lipinski definition) is 5. The number of nitriles is 1. The highest BCUT2D eigenvalue weighted by atomic mass is 35.5. The van der Waals surface area contributed by atoms with Crippen LogP contribution < -0.4 is 5.32 Å². The van der Waals surface area contributed by atoms with E-state index in [2.05, 4.69) is 21.4 Å². The Bertz CT molecular complexity index is 645. The number of nitrogens with one attached hydrogen (secondary N) is 1. The summed E-state index contributed by atoms with van der Waals surface area (Å²) >= 11 is 7.54. The zero-order valence-electron chi connectivity index (χ0n) is 10.9. The third-order valence-corrected chi connectivity index (χ3v) is 4.07. The number of anilines is 1.